The molecule has 1 rings (SSSR count). The van der Waals surface area contributed by atoms with E-state index in [9.17, 15) is 19.8 Å². The van der Waals surface area contributed by atoms with Crippen LogP contribution in [0.3, 0.4) is 0 Å². The molecule has 0 radical (unpaired) electrons. The number of Topliss-reactive ketones (excluding diaryl/α,β-unsaturated/α-hetero) is 1. The van der Waals surface area contributed by atoms with Gasteiger partial charge in [-0.3, -0.25) is 9.59 Å². The summed E-state index contributed by atoms with van der Waals surface area (Å²) in [5, 5.41) is 19.5. The number of hydrogen-bond acceptors (Lipinski definition) is 4. The van der Waals surface area contributed by atoms with Crippen LogP contribution in [0.2, 0.25) is 0 Å². The highest BCUT2D eigenvalue weighted by Gasteiger charge is 2.32. The zero-order chi connectivity index (χ0) is 13.9. The Bertz CT molecular complexity index is 501. The standard InChI is InChI=1S/C14H16O4/c1-4-7-14(2,3)13(18)11-10(16)6-5-9(8-15)12(11)17/h4-6,8,16-17H,1,7H2,2-3H3. The van der Waals surface area contributed by atoms with Gasteiger partial charge < -0.3 is 10.2 Å². The van der Waals surface area contributed by atoms with Crippen molar-refractivity contribution in [2.75, 3.05) is 0 Å². The van der Waals surface area contributed by atoms with E-state index in [0.29, 0.717) is 12.7 Å². The average Bonchev–Trinajstić information content (AvgIpc) is 2.29. The number of ketones is 1. The zero-order valence-corrected chi connectivity index (χ0v) is 10.4. The zero-order valence-electron chi connectivity index (χ0n) is 10.4. The second-order valence-electron chi connectivity index (χ2n) is 4.72. The Morgan fingerprint density at radius 3 is 2.50 bits per heavy atom. The molecule has 0 bridgehead atoms. The third-order valence-corrected chi connectivity index (χ3v) is 2.81. The molecule has 18 heavy (non-hydrogen) atoms. The van der Waals surface area contributed by atoms with Crippen LogP contribution in [0.4, 0.5) is 0 Å². The first-order valence-corrected chi connectivity index (χ1v) is 5.51. The number of rotatable bonds is 5. The van der Waals surface area contributed by atoms with E-state index in [-0.39, 0.29) is 16.9 Å². The smallest absolute Gasteiger partial charge is 0.176 e. The highest BCUT2D eigenvalue weighted by Crippen LogP contribution is 2.36. The molecule has 0 spiro atoms. The van der Waals surface area contributed by atoms with Gasteiger partial charge in [0, 0.05) is 5.41 Å². The van der Waals surface area contributed by atoms with Gasteiger partial charge in [0.15, 0.2) is 12.1 Å². The Labute approximate surface area is 106 Å². The fraction of sp³-hybridized carbons (Fsp3) is 0.286. The number of benzene rings is 1. The molecule has 4 heteroatoms. The van der Waals surface area contributed by atoms with Crippen LogP contribution in [-0.4, -0.2) is 22.3 Å². The molecule has 2 N–H and O–H groups in total. The molecule has 0 saturated carbocycles. The Morgan fingerprint density at radius 2 is 2.00 bits per heavy atom. The molecule has 0 saturated heterocycles. The monoisotopic (exact) mass is 248 g/mol. The highest BCUT2D eigenvalue weighted by molar-refractivity contribution is 6.06. The lowest BCUT2D eigenvalue weighted by Crippen LogP contribution is -2.24. The molecular weight excluding hydrogens is 232 g/mol. The van der Waals surface area contributed by atoms with Crippen LogP contribution in [0.15, 0.2) is 24.8 Å². The van der Waals surface area contributed by atoms with Gasteiger partial charge in [0.2, 0.25) is 0 Å². The summed E-state index contributed by atoms with van der Waals surface area (Å²) in [5.41, 5.74) is -1.05. The second-order valence-corrected chi connectivity index (χ2v) is 4.72. The number of hydrogen-bond donors (Lipinski definition) is 2. The summed E-state index contributed by atoms with van der Waals surface area (Å²) in [6.07, 6.45) is 2.43. The SMILES string of the molecule is C=CCC(C)(C)C(=O)c1c(O)ccc(C=O)c1O. The summed E-state index contributed by atoms with van der Waals surface area (Å²) >= 11 is 0. The lowest BCUT2D eigenvalue weighted by molar-refractivity contribution is 0.0835. The van der Waals surface area contributed by atoms with E-state index >= 15 is 0 Å². The van der Waals surface area contributed by atoms with Crippen LogP contribution in [0.5, 0.6) is 11.5 Å². The third kappa shape index (κ3) is 2.42. The molecule has 1 aromatic rings. The molecule has 0 aliphatic heterocycles. The van der Waals surface area contributed by atoms with Gasteiger partial charge in [-0.1, -0.05) is 19.9 Å². The van der Waals surface area contributed by atoms with Crippen molar-refractivity contribution in [1.82, 2.24) is 0 Å². The number of phenolic OH excluding ortho intramolecular Hbond substituents is 2. The number of carbonyl (C=O) groups excluding carboxylic acids is 2. The predicted molar refractivity (Wildman–Crippen MR) is 68.1 cm³/mol. The molecule has 0 amide bonds. The average molecular weight is 248 g/mol. The molecule has 0 atom stereocenters. The molecule has 0 aliphatic rings. The second kappa shape index (κ2) is 5.04. The quantitative estimate of drug-likeness (QED) is 0.477. The van der Waals surface area contributed by atoms with Crippen LogP contribution < -0.4 is 0 Å². The maximum absolute atomic E-state index is 12.3. The maximum atomic E-state index is 12.3. The van der Waals surface area contributed by atoms with Crippen LogP contribution in [0.1, 0.15) is 41.0 Å². The maximum Gasteiger partial charge on any atom is 0.176 e. The number of phenols is 2. The van der Waals surface area contributed by atoms with E-state index in [1.807, 2.05) is 0 Å². The topological polar surface area (TPSA) is 74.6 Å². The van der Waals surface area contributed by atoms with E-state index in [2.05, 4.69) is 6.58 Å². The summed E-state index contributed by atoms with van der Waals surface area (Å²) in [6, 6.07) is 2.48. The lowest BCUT2D eigenvalue weighted by Gasteiger charge is -2.22. The molecule has 0 aromatic heterocycles. The van der Waals surface area contributed by atoms with Crippen molar-refractivity contribution >= 4 is 12.1 Å². The van der Waals surface area contributed by atoms with Crippen molar-refractivity contribution in [3.8, 4) is 11.5 Å². The van der Waals surface area contributed by atoms with Gasteiger partial charge in [-0.15, -0.1) is 6.58 Å². The fourth-order valence-corrected chi connectivity index (χ4v) is 1.71. The molecule has 0 heterocycles. The summed E-state index contributed by atoms with van der Waals surface area (Å²) in [4.78, 5) is 23.0. The Morgan fingerprint density at radius 1 is 1.39 bits per heavy atom. The summed E-state index contributed by atoms with van der Waals surface area (Å²) < 4.78 is 0. The minimum absolute atomic E-state index is 0.0226. The minimum atomic E-state index is -0.807. The van der Waals surface area contributed by atoms with Gasteiger partial charge in [-0.2, -0.15) is 0 Å². The molecule has 0 fully saturated rings. The van der Waals surface area contributed by atoms with Crippen molar-refractivity contribution in [2.24, 2.45) is 5.41 Å². The Hall–Kier alpha value is -2.10. The summed E-state index contributed by atoms with van der Waals surface area (Å²) in [5.74, 6) is -1.24. The van der Waals surface area contributed by atoms with Gasteiger partial charge in [0.05, 0.1) is 5.56 Å². The van der Waals surface area contributed by atoms with E-state index in [0.717, 1.165) is 0 Å². The van der Waals surface area contributed by atoms with Crippen molar-refractivity contribution in [3.05, 3.63) is 35.9 Å². The molecular formula is C14H16O4. The van der Waals surface area contributed by atoms with Gasteiger partial charge in [-0.25, -0.2) is 0 Å². The van der Waals surface area contributed by atoms with Gasteiger partial charge in [0.25, 0.3) is 0 Å². The van der Waals surface area contributed by atoms with Crippen LogP contribution in [-0.2, 0) is 0 Å². The van der Waals surface area contributed by atoms with E-state index in [1.165, 1.54) is 12.1 Å². The number of aldehydes is 1. The highest BCUT2D eigenvalue weighted by atomic mass is 16.3. The molecule has 1 aromatic carbocycles. The molecule has 0 unspecified atom stereocenters. The van der Waals surface area contributed by atoms with Crippen molar-refractivity contribution in [3.63, 3.8) is 0 Å². The minimum Gasteiger partial charge on any atom is -0.507 e. The molecule has 96 valence electrons. The van der Waals surface area contributed by atoms with Gasteiger partial charge >= 0.3 is 0 Å². The van der Waals surface area contributed by atoms with Crippen molar-refractivity contribution < 1.29 is 19.8 Å². The van der Waals surface area contributed by atoms with Crippen molar-refractivity contribution in [1.29, 1.82) is 0 Å². The molecule has 0 aliphatic carbocycles. The first kappa shape index (κ1) is 14.0. The summed E-state index contributed by atoms with van der Waals surface area (Å²) in [7, 11) is 0. The fourth-order valence-electron chi connectivity index (χ4n) is 1.71. The van der Waals surface area contributed by atoms with E-state index in [4.69, 9.17) is 0 Å². The summed E-state index contributed by atoms with van der Waals surface area (Å²) in [6.45, 7) is 6.94. The lowest BCUT2D eigenvalue weighted by atomic mass is 9.80. The van der Waals surface area contributed by atoms with Gasteiger partial charge in [-0.05, 0) is 18.6 Å². The first-order valence-electron chi connectivity index (χ1n) is 5.51. The van der Waals surface area contributed by atoms with Crippen LogP contribution in [0, 0.1) is 5.41 Å². The van der Waals surface area contributed by atoms with Crippen LogP contribution in [0.25, 0.3) is 0 Å². The molecule has 4 nitrogen and oxygen atoms in total. The first-order chi connectivity index (χ1) is 8.35. The predicted octanol–water partition coefficient (Wildman–Crippen LogP) is 2.70. The normalized spacial score (nSPS) is 11.0. The van der Waals surface area contributed by atoms with E-state index in [1.54, 1.807) is 19.9 Å². The van der Waals surface area contributed by atoms with E-state index < -0.39 is 16.9 Å². The Balaban J connectivity index is 3.37. The van der Waals surface area contributed by atoms with Crippen LogP contribution >= 0.6 is 0 Å². The number of allylic oxidation sites excluding steroid dienone is 1. The van der Waals surface area contributed by atoms with Gasteiger partial charge in [0.1, 0.15) is 17.1 Å². The number of carbonyl (C=O) groups is 2. The third-order valence-electron chi connectivity index (χ3n) is 2.81. The Kier molecular flexibility index (Phi) is 3.91. The number of aromatic hydroxyl groups is 2. The largest absolute Gasteiger partial charge is 0.507 e. The van der Waals surface area contributed by atoms with Crippen molar-refractivity contribution in [2.45, 2.75) is 20.3 Å².